The van der Waals surface area contributed by atoms with Gasteiger partial charge in [-0.1, -0.05) is 13.3 Å². The highest BCUT2D eigenvalue weighted by Gasteiger charge is 2.20. The van der Waals surface area contributed by atoms with Crippen molar-refractivity contribution >= 4 is 22.8 Å². The Labute approximate surface area is 123 Å². The molecule has 2 N–H and O–H groups in total. The summed E-state index contributed by atoms with van der Waals surface area (Å²) in [4.78, 5) is 24.7. The molecule has 0 aliphatic carbocycles. The zero-order valence-corrected chi connectivity index (χ0v) is 12.8. The fourth-order valence-corrected chi connectivity index (χ4v) is 2.17. The zero-order valence-electron chi connectivity index (χ0n) is 12.8. The number of pyridine rings is 1. The van der Waals surface area contributed by atoms with Crippen molar-refractivity contribution in [2.75, 3.05) is 11.9 Å². The van der Waals surface area contributed by atoms with E-state index in [2.05, 4.69) is 27.2 Å². The molecule has 0 radical (unpaired) electrons. The standard InChI is InChI=1S/C15H20N4O2/c1-5-6-7-16-12-11(15(20)21)10(4)19-14-13(12)17-8(2)9(3)18-14/h5-7H2,1-4H3,(H,20,21)(H,16,18,19). The summed E-state index contributed by atoms with van der Waals surface area (Å²) < 4.78 is 0. The lowest BCUT2D eigenvalue weighted by Gasteiger charge is -2.14. The molecular formula is C15H20N4O2. The van der Waals surface area contributed by atoms with Crippen molar-refractivity contribution < 1.29 is 9.90 Å². The van der Waals surface area contributed by atoms with E-state index < -0.39 is 5.97 Å². The van der Waals surface area contributed by atoms with Crippen molar-refractivity contribution in [3.63, 3.8) is 0 Å². The second-order valence-corrected chi connectivity index (χ2v) is 5.10. The maximum Gasteiger partial charge on any atom is 0.339 e. The normalized spacial score (nSPS) is 10.9. The second kappa shape index (κ2) is 6.03. The fourth-order valence-electron chi connectivity index (χ4n) is 2.17. The van der Waals surface area contributed by atoms with Crippen molar-refractivity contribution in [1.82, 2.24) is 15.0 Å². The first-order valence-corrected chi connectivity index (χ1v) is 7.08. The molecule has 112 valence electrons. The summed E-state index contributed by atoms with van der Waals surface area (Å²) in [6.07, 6.45) is 1.99. The molecule has 6 nitrogen and oxygen atoms in total. The Morgan fingerprint density at radius 3 is 2.33 bits per heavy atom. The van der Waals surface area contributed by atoms with E-state index in [-0.39, 0.29) is 5.56 Å². The summed E-state index contributed by atoms with van der Waals surface area (Å²) in [5, 5.41) is 12.7. The van der Waals surface area contributed by atoms with Crippen LogP contribution < -0.4 is 5.32 Å². The summed E-state index contributed by atoms with van der Waals surface area (Å²) in [6.45, 7) is 8.20. The Bertz CT molecular complexity index is 698. The van der Waals surface area contributed by atoms with E-state index in [4.69, 9.17) is 0 Å². The third-order valence-corrected chi connectivity index (χ3v) is 3.46. The molecule has 2 rings (SSSR count). The SMILES string of the molecule is CCCCNc1c(C(=O)O)c(C)nc2nc(C)c(C)nc12. The Hall–Kier alpha value is -2.24. The highest BCUT2D eigenvalue weighted by Crippen LogP contribution is 2.27. The van der Waals surface area contributed by atoms with Crippen LogP contribution in [-0.2, 0) is 0 Å². The lowest BCUT2D eigenvalue weighted by atomic mass is 10.1. The number of carbonyl (C=O) groups is 1. The van der Waals surface area contributed by atoms with Crippen LogP contribution in [0.2, 0.25) is 0 Å². The van der Waals surface area contributed by atoms with Crippen molar-refractivity contribution in [3.05, 3.63) is 22.6 Å². The topological polar surface area (TPSA) is 88.0 Å². The summed E-state index contributed by atoms with van der Waals surface area (Å²) in [7, 11) is 0. The number of unbranched alkanes of at least 4 members (excludes halogenated alkanes) is 1. The molecule has 2 aromatic rings. The average Bonchev–Trinajstić information content (AvgIpc) is 2.40. The van der Waals surface area contributed by atoms with Crippen molar-refractivity contribution in [1.29, 1.82) is 0 Å². The summed E-state index contributed by atoms with van der Waals surface area (Å²) in [5.41, 5.74) is 3.74. The lowest BCUT2D eigenvalue weighted by Crippen LogP contribution is -2.13. The number of hydrogen-bond donors (Lipinski definition) is 2. The molecule has 6 heteroatoms. The van der Waals surface area contributed by atoms with Crippen LogP contribution in [-0.4, -0.2) is 32.6 Å². The van der Waals surface area contributed by atoms with Crippen LogP contribution in [0.25, 0.3) is 11.2 Å². The smallest absolute Gasteiger partial charge is 0.339 e. The number of hydrogen-bond acceptors (Lipinski definition) is 5. The van der Waals surface area contributed by atoms with Gasteiger partial charge in [0.2, 0.25) is 0 Å². The molecule has 0 bridgehead atoms. The molecule has 0 aromatic carbocycles. The Balaban J connectivity index is 2.69. The van der Waals surface area contributed by atoms with E-state index in [0.29, 0.717) is 29.1 Å². The van der Waals surface area contributed by atoms with Crippen LogP contribution in [0.3, 0.4) is 0 Å². The molecule has 21 heavy (non-hydrogen) atoms. The molecular weight excluding hydrogens is 268 g/mol. The van der Waals surface area contributed by atoms with Gasteiger partial charge in [0.25, 0.3) is 0 Å². The molecule has 0 saturated heterocycles. The first kappa shape index (κ1) is 15.2. The summed E-state index contributed by atoms with van der Waals surface area (Å²) in [6, 6.07) is 0. The number of aromatic carboxylic acids is 1. The Morgan fingerprint density at radius 2 is 1.71 bits per heavy atom. The molecule has 0 spiro atoms. The maximum atomic E-state index is 11.5. The quantitative estimate of drug-likeness (QED) is 0.822. The highest BCUT2D eigenvalue weighted by atomic mass is 16.4. The van der Waals surface area contributed by atoms with Gasteiger partial charge in [-0.2, -0.15) is 0 Å². The average molecular weight is 288 g/mol. The fraction of sp³-hybridized carbons (Fsp3) is 0.467. The molecule has 0 amide bonds. The van der Waals surface area contributed by atoms with E-state index in [9.17, 15) is 9.90 Å². The number of anilines is 1. The first-order chi connectivity index (χ1) is 9.95. The highest BCUT2D eigenvalue weighted by molar-refractivity contribution is 6.03. The van der Waals surface area contributed by atoms with Crippen LogP contribution in [0.4, 0.5) is 5.69 Å². The molecule has 0 aliphatic heterocycles. The number of aromatic nitrogens is 3. The van der Waals surface area contributed by atoms with Crippen molar-refractivity contribution in [2.24, 2.45) is 0 Å². The maximum absolute atomic E-state index is 11.5. The summed E-state index contributed by atoms with van der Waals surface area (Å²) >= 11 is 0. The summed E-state index contributed by atoms with van der Waals surface area (Å²) in [5.74, 6) is -0.999. The number of aryl methyl sites for hydroxylation is 3. The van der Waals surface area contributed by atoms with Gasteiger partial charge < -0.3 is 10.4 Å². The third kappa shape index (κ3) is 2.94. The van der Waals surface area contributed by atoms with Crippen LogP contribution >= 0.6 is 0 Å². The molecule has 0 atom stereocenters. The van der Waals surface area contributed by atoms with E-state index in [1.54, 1.807) is 6.92 Å². The minimum atomic E-state index is -0.999. The predicted octanol–water partition coefficient (Wildman–Crippen LogP) is 2.86. The first-order valence-electron chi connectivity index (χ1n) is 7.08. The van der Waals surface area contributed by atoms with Gasteiger partial charge in [-0.3, -0.25) is 0 Å². The number of fused-ring (bicyclic) bond motifs is 1. The molecule has 0 unspecified atom stereocenters. The molecule has 0 fully saturated rings. The minimum absolute atomic E-state index is 0.177. The van der Waals surface area contributed by atoms with Crippen molar-refractivity contribution in [3.8, 4) is 0 Å². The number of nitrogens with one attached hydrogen (secondary N) is 1. The van der Waals surface area contributed by atoms with Crippen LogP contribution in [0.1, 0.15) is 47.2 Å². The molecule has 0 saturated carbocycles. The second-order valence-electron chi connectivity index (χ2n) is 5.10. The largest absolute Gasteiger partial charge is 0.478 e. The number of nitrogens with zero attached hydrogens (tertiary/aromatic N) is 3. The van der Waals surface area contributed by atoms with Crippen LogP contribution in [0, 0.1) is 20.8 Å². The minimum Gasteiger partial charge on any atom is -0.478 e. The van der Waals surface area contributed by atoms with Gasteiger partial charge in [0.05, 0.1) is 22.8 Å². The monoisotopic (exact) mass is 288 g/mol. The van der Waals surface area contributed by atoms with Gasteiger partial charge in [-0.05, 0) is 27.2 Å². The lowest BCUT2D eigenvalue weighted by molar-refractivity contribution is 0.0697. The molecule has 2 aromatic heterocycles. The third-order valence-electron chi connectivity index (χ3n) is 3.46. The number of carboxylic acids is 1. The van der Waals surface area contributed by atoms with Gasteiger partial charge in [0.1, 0.15) is 11.1 Å². The zero-order chi connectivity index (χ0) is 15.6. The van der Waals surface area contributed by atoms with Gasteiger partial charge in [0.15, 0.2) is 5.65 Å². The van der Waals surface area contributed by atoms with Gasteiger partial charge >= 0.3 is 5.97 Å². The predicted molar refractivity (Wildman–Crippen MR) is 81.9 cm³/mol. The molecule has 0 aliphatic rings. The number of rotatable bonds is 5. The van der Waals surface area contributed by atoms with E-state index in [1.165, 1.54) is 0 Å². The van der Waals surface area contributed by atoms with Gasteiger partial charge in [-0.25, -0.2) is 19.7 Å². The van der Waals surface area contributed by atoms with Gasteiger partial charge in [0, 0.05) is 6.54 Å². The Kier molecular flexibility index (Phi) is 4.35. The number of carboxylic acid groups (broad SMARTS) is 1. The van der Waals surface area contributed by atoms with E-state index in [1.807, 2.05) is 13.8 Å². The van der Waals surface area contributed by atoms with E-state index in [0.717, 1.165) is 24.2 Å². The van der Waals surface area contributed by atoms with Crippen LogP contribution in [0.15, 0.2) is 0 Å². The Morgan fingerprint density at radius 1 is 1.10 bits per heavy atom. The molecule has 2 heterocycles. The van der Waals surface area contributed by atoms with E-state index >= 15 is 0 Å². The van der Waals surface area contributed by atoms with Crippen molar-refractivity contribution in [2.45, 2.75) is 40.5 Å². The van der Waals surface area contributed by atoms with Gasteiger partial charge in [-0.15, -0.1) is 0 Å². The van der Waals surface area contributed by atoms with Crippen LogP contribution in [0.5, 0.6) is 0 Å².